The summed E-state index contributed by atoms with van der Waals surface area (Å²) in [7, 11) is 1.31. The van der Waals surface area contributed by atoms with Gasteiger partial charge in [-0.05, 0) is 47.9 Å². The van der Waals surface area contributed by atoms with Gasteiger partial charge in [0.15, 0.2) is 5.75 Å². The standard InChI is InChI=1S/C25H21Cl2F3N2O8/c1-37-17-9-15(12-39-23-18(26)6-14(7-19(23)27)8-20(31)24(33)34)22(21(10-17)32(35)36)38-11-13-2-4-16(5-3-13)40-25(28,29)30/h2-7,9-10,20H,8,11-12,31H2,1H3,(H,33,34)/t20-/m0/s1. The minimum Gasteiger partial charge on any atom is -0.496 e. The number of nitrogens with two attached hydrogens (primary N) is 1. The third-order valence-corrected chi connectivity index (χ3v) is 5.86. The van der Waals surface area contributed by atoms with Gasteiger partial charge in [0, 0.05) is 5.56 Å². The highest BCUT2D eigenvalue weighted by molar-refractivity contribution is 6.37. The highest BCUT2D eigenvalue weighted by atomic mass is 35.5. The van der Waals surface area contributed by atoms with E-state index in [0.717, 1.165) is 18.2 Å². The number of nitro groups is 1. The van der Waals surface area contributed by atoms with Crippen LogP contribution in [0.2, 0.25) is 10.0 Å². The van der Waals surface area contributed by atoms with E-state index in [2.05, 4.69) is 4.74 Å². The van der Waals surface area contributed by atoms with Crippen LogP contribution in [0.25, 0.3) is 0 Å². The van der Waals surface area contributed by atoms with Crippen LogP contribution in [0.15, 0.2) is 48.5 Å². The zero-order valence-electron chi connectivity index (χ0n) is 20.5. The van der Waals surface area contributed by atoms with Gasteiger partial charge in [0.2, 0.25) is 5.75 Å². The maximum Gasteiger partial charge on any atom is 0.573 e. The van der Waals surface area contributed by atoms with E-state index >= 15 is 0 Å². The SMILES string of the molecule is COc1cc(COc2c(Cl)cc(C[C@H](N)C(=O)O)cc2Cl)c(OCc2ccc(OC(F)(F)F)cc2)c([N+](=O)[O-])c1. The van der Waals surface area contributed by atoms with Gasteiger partial charge in [-0.2, -0.15) is 0 Å². The van der Waals surface area contributed by atoms with E-state index in [-0.39, 0.29) is 52.5 Å². The van der Waals surface area contributed by atoms with E-state index in [1.54, 1.807) is 0 Å². The highest BCUT2D eigenvalue weighted by Gasteiger charge is 2.31. The second kappa shape index (κ2) is 12.9. The van der Waals surface area contributed by atoms with Crippen molar-refractivity contribution < 1.29 is 46.9 Å². The molecule has 0 aliphatic carbocycles. The van der Waals surface area contributed by atoms with Crippen molar-refractivity contribution in [2.75, 3.05) is 7.11 Å². The number of nitro benzene ring substituents is 1. The fourth-order valence-electron chi connectivity index (χ4n) is 3.47. The van der Waals surface area contributed by atoms with Crippen LogP contribution in [-0.2, 0) is 24.4 Å². The number of carboxylic acid groups (broad SMARTS) is 1. The molecule has 0 heterocycles. The molecule has 0 amide bonds. The van der Waals surface area contributed by atoms with E-state index in [4.69, 9.17) is 48.3 Å². The van der Waals surface area contributed by atoms with Crippen LogP contribution in [0.1, 0.15) is 16.7 Å². The molecule has 0 aromatic heterocycles. The molecule has 3 N–H and O–H groups in total. The summed E-state index contributed by atoms with van der Waals surface area (Å²) >= 11 is 12.6. The van der Waals surface area contributed by atoms with E-state index < -0.39 is 34.7 Å². The summed E-state index contributed by atoms with van der Waals surface area (Å²) in [5, 5.41) is 20.9. The molecule has 0 saturated heterocycles. The lowest BCUT2D eigenvalue weighted by Gasteiger charge is -2.16. The Balaban J connectivity index is 1.86. The minimum atomic E-state index is -4.85. The largest absolute Gasteiger partial charge is 0.573 e. The average Bonchev–Trinajstić information content (AvgIpc) is 2.86. The third-order valence-electron chi connectivity index (χ3n) is 5.30. The van der Waals surface area contributed by atoms with E-state index in [1.807, 2.05) is 0 Å². The molecule has 0 fully saturated rings. The summed E-state index contributed by atoms with van der Waals surface area (Å²) in [5.74, 6) is -1.68. The minimum absolute atomic E-state index is 0.0210. The van der Waals surface area contributed by atoms with E-state index in [0.29, 0.717) is 11.1 Å². The zero-order chi connectivity index (χ0) is 29.6. The number of nitrogens with zero attached hydrogens (tertiary/aromatic N) is 1. The number of ether oxygens (including phenoxy) is 4. The molecule has 214 valence electrons. The number of carboxylic acids is 1. The first-order chi connectivity index (χ1) is 18.8. The molecular formula is C25H21Cl2F3N2O8. The molecule has 3 rings (SSSR count). The molecule has 0 radical (unpaired) electrons. The van der Waals surface area contributed by atoms with Crippen molar-refractivity contribution in [1.82, 2.24) is 0 Å². The van der Waals surface area contributed by atoms with Crippen LogP contribution in [0.3, 0.4) is 0 Å². The van der Waals surface area contributed by atoms with E-state index in [9.17, 15) is 28.1 Å². The number of benzene rings is 3. The number of rotatable bonds is 12. The second-order valence-electron chi connectivity index (χ2n) is 8.20. The molecule has 3 aromatic rings. The molecular weight excluding hydrogens is 584 g/mol. The van der Waals surface area contributed by atoms with Gasteiger partial charge in [-0.15, -0.1) is 13.2 Å². The number of hydrogen-bond acceptors (Lipinski definition) is 8. The quantitative estimate of drug-likeness (QED) is 0.190. The molecule has 0 aliphatic heterocycles. The molecule has 1 atom stereocenters. The maximum atomic E-state index is 12.4. The molecule has 0 aliphatic rings. The Labute approximate surface area is 235 Å². The Hall–Kier alpha value is -3.94. The molecule has 3 aromatic carbocycles. The van der Waals surface area contributed by atoms with Crippen LogP contribution in [0.5, 0.6) is 23.0 Å². The fraction of sp³-hybridized carbons (Fsp3) is 0.240. The lowest BCUT2D eigenvalue weighted by atomic mass is 10.1. The molecule has 0 bridgehead atoms. The van der Waals surface area contributed by atoms with Crippen molar-refractivity contribution in [2.24, 2.45) is 5.73 Å². The van der Waals surface area contributed by atoms with Crippen LogP contribution < -0.4 is 24.7 Å². The predicted molar refractivity (Wildman–Crippen MR) is 137 cm³/mol. The van der Waals surface area contributed by atoms with Crippen molar-refractivity contribution in [2.45, 2.75) is 32.0 Å². The van der Waals surface area contributed by atoms with Gasteiger partial charge >= 0.3 is 18.0 Å². The summed E-state index contributed by atoms with van der Waals surface area (Å²) in [5.41, 5.74) is 6.12. The smallest absolute Gasteiger partial charge is 0.496 e. The monoisotopic (exact) mass is 604 g/mol. The number of halogens is 5. The lowest BCUT2D eigenvalue weighted by Crippen LogP contribution is -2.32. The van der Waals surface area contributed by atoms with Crippen molar-refractivity contribution >= 4 is 34.9 Å². The molecule has 15 heteroatoms. The number of hydrogen-bond donors (Lipinski definition) is 2. The van der Waals surface area contributed by atoms with Crippen molar-refractivity contribution in [3.05, 3.63) is 85.4 Å². The molecule has 10 nitrogen and oxygen atoms in total. The summed E-state index contributed by atoms with van der Waals surface area (Å²) in [6.45, 7) is -0.564. The first-order valence-corrected chi connectivity index (χ1v) is 11.9. The average molecular weight is 605 g/mol. The van der Waals surface area contributed by atoms with Gasteiger partial charge in [0.05, 0.1) is 28.1 Å². The maximum absolute atomic E-state index is 12.4. The Morgan fingerprint density at radius 3 is 2.12 bits per heavy atom. The first kappa shape index (κ1) is 30.6. The first-order valence-electron chi connectivity index (χ1n) is 11.2. The topological polar surface area (TPSA) is 143 Å². The van der Waals surface area contributed by atoms with Gasteiger partial charge in [-0.1, -0.05) is 35.3 Å². The van der Waals surface area contributed by atoms with Gasteiger partial charge in [-0.25, -0.2) is 0 Å². The number of methoxy groups -OCH3 is 1. The fourth-order valence-corrected chi connectivity index (χ4v) is 4.11. The Morgan fingerprint density at radius 2 is 1.60 bits per heavy atom. The summed E-state index contributed by atoms with van der Waals surface area (Å²) in [6.07, 6.45) is -4.90. The molecule has 0 unspecified atom stereocenters. The van der Waals surface area contributed by atoms with Crippen molar-refractivity contribution in [3.63, 3.8) is 0 Å². The van der Waals surface area contributed by atoms with E-state index in [1.165, 1.54) is 37.4 Å². The number of alkyl halides is 3. The predicted octanol–water partition coefficient (Wildman–Crippen LogP) is 5.92. The van der Waals surface area contributed by atoms with Gasteiger partial charge in [-0.3, -0.25) is 14.9 Å². The Bertz CT molecular complexity index is 1360. The van der Waals surface area contributed by atoms with Crippen molar-refractivity contribution in [3.8, 4) is 23.0 Å². The van der Waals surface area contributed by atoms with Gasteiger partial charge < -0.3 is 29.8 Å². The zero-order valence-corrected chi connectivity index (χ0v) is 22.0. The van der Waals surface area contributed by atoms with Crippen molar-refractivity contribution in [1.29, 1.82) is 0 Å². The summed E-state index contributed by atoms with van der Waals surface area (Å²) in [4.78, 5) is 22.1. The molecule has 0 saturated carbocycles. The normalized spacial score (nSPS) is 12.0. The highest BCUT2D eigenvalue weighted by Crippen LogP contribution is 2.39. The summed E-state index contributed by atoms with van der Waals surface area (Å²) in [6, 6.07) is 9.04. The van der Waals surface area contributed by atoms with Crippen LogP contribution in [-0.4, -0.2) is 35.5 Å². The van der Waals surface area contributed by atoms with Crippen LogP contribution in [0, 0.1) is 10.1 Å². The Morgan fingerprint density at radius 1 is 1.00 bits per heavy atom. The third kappa shape index (κ3) is 8.28. The molecule has 40 heavy (non-hydrogen) atoms. The van der Waals surface area contributed by atoms with Gasteiger partial charge in [0.1, 0.15) is 30.8 Å². The number of aliphatic carboxylic acids is 1. The second-order valence-corrected chi connectivity index (χ2v) is 9.01. The summed E-state index contributed by atoms with van der Waals surface area (Å²) < 4.78 is 57.7. The number of carbonyl (C=O) groups is 1. The van der Waals surface area contributed by atoms with Crippen LogP contribution >= 0.6 is 23.2 Å². The van der Waals surface area contributed by atoms with Gasteiger partial charge in [0.25, 0.3) is 0 Å². The lowest BCUT2D eigenvalue weighted by molar-refractivity contribution is -0.386. The van der Waals surface area contributed by atoms with Crippen LogP contribution in [0.4, 0.5) is 18.9 Å². The Kier molecular flexibility index (Phi) is 9.90. The molecule has 0 spiro atoms.